The predicted molar refractivity (Wildman–Crippen MR) is 126 cm³/mol. The number of hydrogen-bond acceptors (Lipinski definition) is 4. The third kappa shape index (κ3) is 4.59. The first-order valence-electron chi connectivity index (χ1n) is 10.2. The van der Waals surface area contributed by atoms with E-state index in [0.29, 0.717) is 17.9 Å². The standard InChI is InChI=1S/C25H24N2O3S/c1-3-30-21-14-12-20(13-15-21)27-23(28)16-31-25(27)18-8-10-19(11-9-18)26-24(29)22-7-5-4-6-17(22)2/h4-15,25H,3,16H2,1-2H3,(H,26,29)/t25-/m1/s1. The van der Waals surface area contributed by atoms with Crippen molar-refractivity contribution in [2.75, 3.05) is 22.6 Å². The molecule has 6 heteroatoms. The lowest BCUT2D eigenvalue weighted by Crippen LogP contribution is -2.27. The molecular weight excluding hydrogens is 408 g/mol. The third-order valence-corrected chi connectivity index (χ3v) is 6.35. The Kier molecular flexibility index (Phi) is 6.28. The summed E-state index contributed by atoms with van der Waals surface area (Å²) in [5.74, 6) is 1.17. The minimum absolute atomic E-state index is 0.0797. The molecule has 5 nitrogen and oxygen atoms in total. The lowest BCUT2D eigenvalue weighted by Gasteiger charge is -2.24. The minimum Gasteiger partial charge on any atom is -0.494 e. The number of carbonyl (C=O) groups is 2. The van der Waals surface area contributed by atoms with E-state index in [-0.39, 0.29) is 17.2 Å². The molecule has 0 unspecified atom stereocenters. The van der Waals surface area contributed by atoms with E-state index < -0.39 is 0 Å². The number of thioether (sulfide) groups is 1. The summed E-state index contributed by atoms with van der Waals surface area (Å²) >= 11 is 1.60. The summed E-state index contributed by atoms with van der Waals surface area (Å²) in [5, 5.41) is 2.84. The van der Waals surface area contributed by atoms with E-state index in [0.717, 1.165) is 28.3 Å². The van der Waals surface area contributed by atoms with Gasteiger partial charge in [-0.25, -0.2) is 0 Å². The van der Waals surface area contributed by atoms with Crippen LogP contribution in [0.3, 0.4) is 0 Å². The fourth-order valence-electron chi connectivity index (χ4n) is 3.58. The smallest absolute Gasteiger partial charge is 0.255 e. The van der Waals surface area contributed by atoms with E-state index in [1.54, 1.807) is 11.8 Å². The number of carbonyl (C=O) groups excluding carboxylic acids is 2. The molecule has 1 N–H and O–H groups in total. The van der Waals surface area contributed by atoms with Gasteiger partial charge in [-0.15, -0.1) is 11.8 Å². The van der Waals surface area contributed by atoms with Gasteiger partial charge in [-0.2, -0.15) is 0 Å². The first kappa shape index (κ1) is 21.0. The number of aryl methyl sites for hydroxylation is 1. The van der Waals surface area contributed by atoms with Crippen LogP contribution in [0.25, 0.3) is 0 Å². The molecule has 1 heterocycles. The molecule has 1 saturated heterocycles. The summed E-state index contributed by atoms with van der Waals surface area (Å²) < 4.78 is 5.50. The molecule has 1 aliphatic heterocycles. The molecule has 0 bridgehead atoms. The Morgan fingerprint density at radius 1 is 1.06 bits per heavy atom. The molecule has 0 aromatic heterocycles. The lowest BCUT2D eigenvalue weighted by molar-refractivity contribution is -0.115. The molecule has 1 atom stereocenters. The van der Waals surface area contributed by atoms with Crippen LogP contribution < -0.4 is 15.0 Å². The number of nitrogens with zero attached hydrogens (tertiary/aromatic N) is 1. The molecule has 0 saturated carbocycles. The van der Waals surface area contributed by atoms with Gasteiger partial charge in [0, 0.05) is 16.9 Å². The number of ether oxygens (including phenoxy) is 1. The number of amides is 2. The topological polar surface area (TPSA) is 58.6 Å². The molecule has 31 heavy (non-hydrogen) atoms. The van der Waals surface area contributed by atoms with Crippen LogP contribution in [-0.2, 0) is 4.79 Å². The normalized spacial score (nSPS) is 15.7. The van der Waals surface area contributed by atoms with Crippen LogP contribution in [-0.4, -0.2) is 24.2 Å². The SMILES string of the molecule is CCOc1ccc(N2C(=O)CS[C@@H]2c2ccc(NC(=O)c3ccccc3C)cc2)cc1. The van der Waals surface area contributed by atoms with Gasteiger partial charge < -0.3 is 10.1 Å². The quantitative estimate of drug-likeness (QED) is 0.565. The monoisotopic (exact) mass is 432 g/mol. The van der Waals surface area contributed by atoms with E-state index in [1.807, 2.05) is 91.5 Å². The predicted octanol–water partition coefficient (Wildman–Crippen LogP) is 5.42. The summed E-state index contributed by atoms with van der Waals surface area (Å²) in [6.45, 7) is 4.46. The van der Waals surface area contributed by atoms with Crippen molar-refractivity contribution in [2.45, 2.75) is 19.2 Å². The van der Waals surface area contributed by atoms with Crippen LogP contribution in [0.5, 0.6) is 5.75 Å². The summed E-state index contributed by atoms with van der Waals surface area (Å²) in [4.78, 5) is 27.0. The number of nitrogens with one attached hydrogen (secondary N) is 1. The summed E-state index contributed by atoms with van der Waals surface area (Å²) in [7, 11) is 0. The van der Waals surface area contributed by atoms with Crippen LogP contribution in [0.2, 0.25) is 0 Å². The molecule has 4 rings (SSSR count). The van der Waals surface area contributed by atoms with Gasteiger partial charge in [0.2, 0.25) is 5.91 Å². The zero-order valence-corrected chi connectivity index (χ0v) is 18.3. The maximum absolute atomic E-state index is 12.6. The van der Waals surface area contributed by atoms with Crippen LogP contribution in [0.4, 0.5) is 11.4 Å². The second kappa shape index (κ2) is 9.27. The number of anilines is 2. The van der Waals surface area contributed by atoms with E-state index in [9.17, 15) is 9.59 Å². The molecule has 1 aliphatic rings. The van der Waals surface area contributed by atoms with Gasteiger partial charge in [0.1, 0.15) is 11.1 Å². The maximum atomic E-state index is 12.6. The first-order chi connectivity index (χ1) is 15.1. The van der Waals surface area contributed by atoms with Gasteiger partial charge in [0.05, 0.1) is 12.4 Å². The Morgan fingerprint density at radius 3 is 2.45 bits per heavy atom. The zero-order chi connectivity index (χ0) is 21.8. The lowest BCUT2D eigenvalue weighted by atomic mass is 10.1. The number of rotatable bonds is 6. The van der Waals surface area contributed by atoms with Crippen LogP contribution in [0.15, 0.2) is 72.8 Å². The van der Waals surface area contributed by atoms with Gasteiger partial charge in [0.15, 0.2) is 0 Å². The fourth-order valence-corrected chi connectivity index (χ4v) is 4.75. The maximum Gasteiger partial charge on any atom is 0.255 e. The van der Waals surface area contributed by atoms with Crippen LogP contribution >= 0.6 is 11.8 Å². The van der Waals surface area contributed by atoms with E-state index in [2.05, 4.69) is 5.32 Å². The Bertz CT molecular complexity index is 1080. The molecule has 0 spiro atoms. The molecule has 0 radical (unpaired) electrons. The Labute approximate surface area is 186 Å². The van der Waals surface area contributed by atoms with Gasteiger partial charge in [-0.3, -0.25) is 14.5 Å². The second-order valence-corrected chi connectivity index (χ2v) is 8.31. The molecule has 1 fully saturated rings. The summed E-state index contributed by atoms with van der Waals surface area (Å²) in [6, 6.07) is 22.8. The van der Waals surface area contributed by atoms with E-state index in [4.69, 9.17) is 4.74 Å². The van der Waals surface area contributed by atoms with Crippen molar-refractivity contribution in [1.29, 1.82) is 0 Å². The Balaban J connectivity index is 1.50. The number of benzene rings is 3. The Hall–Kier alpha value is -3.25. The average Bonchev–Trinajstić information content (AvgIpc) is 3.16. The number of hydrogen-bond donors (Lipinski definition) is 1. The highest BCUT2D eigenvalue weighted by Gasteiger charge is 2.34. The van der Waals surface area contributed by atoms with Crippen molar-refractivity contribution < 1.29 is 14.3 Å². The minimum atomic E-state index is -0.132. The van der Waals surface area contributed by atoms with Crippen molar-refractivity contribution in [2.24, 2.45) is 0 Å². The molecule has 3 aromatic carbocycles. The third-order valence-electron chi connectivity index (χ3n) is 5.14. The van der Waals surface area contributed by atoms with Gasteiger partial charge >= 0.3 is 0 Å². The largest absolute Gasteiger partial charge is 0.494 e. The Morgan fingerprint density at radius 2 is 1.77 bits per heavy atom. The summed E-state index contributed by atoms with van der Waals surface area (Å²) in [6.07, 6.45) is 0. The molecule has 0 aliphatic carbocycles. The first-order valence-corrected chi connectivity index (χ1v) is 11.2. The van der Waals surface area contributed by atoms with Crippen LogP contribution in [0, 0.1) is 6.92 Å². The van der Waals surface area contributed by atoms with Crippen molar-refractivity contribution in [3.8, 4) is 5.75 Å². The summed E-state index contributed by atoms with van der Waals surface area (Å²) in [5.41, 5.74) is 4.17. The van der Waals surface area contributed by atoms with Gasteiger partial charge in [-0.05, 0) is 67.4 Å². The fraction of sp³-hybridized carbons (Fsp3) is 0.200. The molecule has 2 amide bonds. The average molecular weight is 433 g/mol. The highest BCUT2D eigenvalue weighted by atomic mass is 32.2. The van der Waals surface area contributed by atoms with E-state index in [1.165, 1.54) is 0 Å². The van der Waals surface area contributed by atoms with Gasteiger partial charge in [-0.1, -0.05) is 30.3 Å². The highest BCUT2D eigenvalue weighted by molar-refractivity contribution is 8.00. The van der Waals surface area contributed by atoms with Crippen molar-refractivity contribution in [1.82, 2.24) is 0 Å². The van der Waals surface area contributed by atoms with Crippen molar-refractivity contribution in [3.63, 3.8) is 0 Å². The highest BCUT2D eigenvalue weighted by Crippen LogP contribution is 2.42. The molecule has 3 aromatic rings. The van der Waals surface area contributed by atoms with E-state index >= 15 is 0 Å². The molecular formula is C25H24N2O3S. The van der Waals surface area contributed by atoms with Gasteiger partial charge in [0.25, 0.3) is 5.91 Å². The van der Waals surface area contributed by atoms with Crippen molar-refractivity contribution in [3.05, 3.63) is 89.5 Å². The van der Waals surface area contributed by atoms with Crippen molar-refractivity contribution >= 4 is 35.0 Å². The van der Waals surface area contributed by atoms with Crippen LogP contribution in [0.1, 0.15) is 33.8 Å². The molecule has 158 valence electrons. The zero-order valence-electron chi connectivity index (χ0n) is 17.5. The second-order valence-electron chi connectivity index (χ2n) is 7.25.